The number of ether oxygens (including phenoxy) is 2. The van der Waals surface area contributed by atoms with Crippen molar-refractivity contribution in [2.24, 2.45) is 5.92 Å². The summed E-state index contributed by atoms with van der Waals surface area (Å²) in [5.74, 6) is 1.69. The maximum atomic E-state index is 12.1. The molecule has 0 aromatic heterocycles. The lowest BCUT2D eigenvalue weighted by Gasteiger charge is -2.18. The zero-order chi connectivity index (χ0) is 14.4. The quantitative estimate of drug-likeness (QED) is 0.840. The highest BCUT2D eigenvalue weighted by molar-refractivity contribution is 5.79. The van der Waals surface area contributed by atoms with E-state index in [0.717, 1.165) is 36.3 Å². The Balaban J connectivity index is 1.96. The van der Waals surface area contributed by atoms with Gasteiger partial charge in [-0.25, -0.2) is 0 Å². The Morgan fingerprint density at radius 3 is 2.80 bits per heavy atom. The van der Waals surface area contributed by atoms with Crippen LogP contribution in [-0.4, -0.2) is 20.1 Å². The molecule has 1 amide bonds. The van der Waals surface area contributed by atoms with E-state index in [1.807, 2.05) is 18.2 Å². The topological polar surface area (TPSA) is 47.6 Å². The number of nitrogens with one attached hydrogen (secondary N) is 1. The standard InChI is InChI=1S/C16H21NO3/c1-19-14-9-8-13(15(10-14)20-2)11-17-16(18)12-6-4-3-5-7-12/h3-4,8-10,12H,5-7,11H2,1-2H3,(H,17,18). The van der Waals surface area contributed by atoms with E-state index in [1.165, 1.54) is 0 Å². The molecule has 1 N–H and O–H groups in total. The third-order valence-electron chi connectivity index (χ3n) is 3.59. The molecule has 0 aliphatic heterocycles. The van der Waals surface area contributed by atoms with Gasteiger partial charge in [-0.05, 0) is 31.4 Å². The number of amides is 1. The van der Waals surface area contributed by atoms with Crippen LogP contribution in [0.25, 0.3) is 0 Å². The fourth-order valence-electron chi connectivity index (χ4n) is 2.36. The van der Waals surface area contributed by atoms with Crippen LogP contribution >= 0.6 is 0 Å². The number of allylic oxidation sites excluding steroid dienone is 2. The predicted molar refractivity (Wildman–Crippen MR) is 77.9 cm³/mol. The maximum absolute atomic E-state index is 12.1. The zero-order valence-corrected chi connectivity index (χ0v) is 12.0. The molecule has 0 fully saturated rings. The molecular formula is C16H21NO3. The van der Waals surface area contributed by atoms with Crippen LogP contribution < -0.4 is 14.8 Å². The lowest BCUT2D eigenvalue weighted by molar-refractivity contribution is -0.125. The molecule has 0 saturated carbocycles. The summed E-state index contributed by atoms with van der Waals surface area (Å²) in [5.41, 5.74) is 0.952. The van der Waals surface area contributed by atoms with Crippen LogP contribution in [-0.2, 0) is 11.3 Å². The molecule has 0 radical (unpaired) electrons. The first-order valence-corrected chi connectivity index (χ1v) is 6.88. The fraction of sp³-hybridized carbons (Fsp3) is 0.438. The summed E-state index contributed by atoms with van der Waals surface area (Å²) in [4.78, 5) is 12.1. The number of hydrogen-bond donors (Lipinski definition) is 1. The molecule has 1 aliphatic rings. The third-order valence-corrected chi connectivity index (χ3v) is 3.59. The van der Waals surface area contributed by atoms with Gasteiger partial charge in [0.25, 0.3) is 0 Å². The van der Waals surface area contributed by atoms with E-state index >= 15 is 0 Å². The molecular weight excluding hydrogens is 254 g/mol. The number of carbonyl (C=O) groups is 1. The van der Waals surface area contributed by atoms with E-state index < -0.39 is 0 Å². The van der Waals surface area contributed by atoms with Crippen LogP contribution in [0.2, 0.25) is 0 Å². The van der Waals surface area contributed by atoms with Gasteiger partial charge in [0.15, 0.2) is 0 Å². The van der Waals surface area contributed by atoms with Crippen LogP contribution in [0, 0.1) is 5.92 Å². The van der Waals surface area contributed by atoms with E-state index in [1.54, 1.807) is 14.2 Å². The predicted octanol–water partition coefficient (Wildman–Crippen LogP) is 2.68. The van der Waals surface area contributed by atoms with Crippen molar-refractivity contribution in [3.05, 3.63) is 35.9 Å². The molecule has 0 saturated heterocycles. The second kappa shape index (κ2) is 6.98. The SMILES string of the molecule is COc1ccc(CNC(=O)C2CC=CCC2)c(OC)c1. The summed E-state index contributed by atoms with van der Waals surface area (Å²) in [7, 11) is 3.23. The molecule has 2 rings (SSSR count). The molecule has 108 valence electrons. The van der Waals surface area contributed by atoms with Crippen molar-refractivity contribution in [3.63, 3.8) is 0 Å². The number of methoxy groups -OCH3 is 2. The molecule has 1 unspecified atom stereocenters. The van der Waals surface area contributed by atoms with Gasteiger partial charge in [0.05, 0.1) is 14.2 Å². The minimum atomic E-state index is 0.101. The van der Waals surface area contributed by atoms with Crippen LogP contribution in [0.1, 0.15) is 24.8 Å². The first kappa shape index (κ1) is 14.4. The van der Waals surface area contributed by atoms with Crippen LogP contribution in [0.5, 0.6) is 11.5 Å². The Morgan fingerprint density at radius 1 is 1.30 bits per heavy atom. The van der Waals surface area contributed by atoms with E-state index in [-0.39, 0.29) is 11.8 Å². The highest BCUT2D eigenvalue weighted by atomic mass is 16.5. The van der Waals surface area contributed by atoms with E-state index in [2.05, 4.69) is 17.5 Å². The highest BCUT2D eigenvalue weighted by Crippen LogP contribution is 2.25. The average Bonchev–Trinajstić information content (AvgIpc) is 2.53. The lowest BCUT2D eigenvalue weighted by atomic mass is 9.93. The van der Waals surface area contributed by atoms with Crippen molar-refractivity contribution in [1.82, 2.24) is 5.32 Å². The van der Waals surface area contributed by atoms with Gasteiger partial charge in [-0.15, -0.1) is 0 Å². The molecule has 0 heterocycles. The summed E-state index contributed by atoms with van der Waals surface area (Å²) < 4.78 is 10.5. The van der Waals surface area contributed by atoms with Crippen molar-refractivity contribution in [2.75, 3.05) is 14.2 Å². The molecule has 1 aromatic rings. The molecule has 1 atom stereocenters. The van der Waals surface area contributed by atoms with Gasteiger partial charge in [-0.3, -0.25) is 4.79 Å². The van der Waals surface area contributed by atoms with Crippen molar-refractivity contribution < 1.29 is 14.3 Å². The van der Waals surface area contributed by atoms with E-state index in [9.17, 15) is 4.79 Å². The Hall–Kier alpha value is -1.97. The number of hydrogen-bond acceptors (Lipinski definition) is 3. The Kier molecular flexibility index (Phi) is 5.04. The second-order valence-corrected chi connectivity index (χ2v) is 4.88. The fourth-order valence-corrected chi connectivity index (χ4v) is 2.36. The molecule has 20 heavy (non-hydrogen) atoms. The summed E-state index contributed by atoms with van der Waals surface area (Å²) in [5, 5.41) is 2.99. The molecule has 4 heteroatoms. The van der Waals surface area contributed by atoms with Crippen LogP contribution in [0.4, 0.5) is 0 Å². The van der Waals surface area contributed by atoms with Crippen LogP contribution in [0.3, 0.4) is 0 Å². The van der Waals surface area contributed by atoms with Crippen LogP contribution in [0.15, 0.2) is 30.4 Å². The summed E-state index contributed by atoms with van der Waals surface area (Å²) in [6.45, 7) is 0.478. The van der Waals surface area contributed by atoms with Gasteiger partial charge in [0, 0.05) is 24.1 Å². The lowest BCUT2D eigenvalue weighted by Crippen LogP contribution is -2.30. The van der Waals surface area contributed by atoms with Crippen molar-refractivity contribution in [1.29, 1.82) is 0 Å². The second-order valence-electron chi connectivity index (χ2n) is 4.88. The monoisotopic (exact) mass is 275 g/mol. The summed E-state index contributed by atoms with van der Waals surface area (Å²) in [6.07, 6.45) is 6.98. The summed E-state index contributed by atoms with van der Waals surface area (Å²) in [6, 6.07) is 5.61. The van der Waals surface area contributed by atoms with E-state index in [0.29, 0.717) is 6.54 Å². The van der Waals surface area contributed by atoms with Gasteiger partial charge in [0.1, 0.15) is 11.5 Å². The van der Waals surface area contributed by atoms with Crippen molar-refractivity contribution in [3.8, 4) is 11.5 Å². The molecule has 1 aliphatic carbocycles. The summed E-state index contributed by atoms with van der Waals surface area (Å²) >= 11 is 0. The van der Waals surface area contributed by atoms with E-state index in [4.69, 9.17) is 9.47 Å². The number of rotatable bonds is 5. The highest BCUT2D eigenvalue weighted by Gasteiger charge is 2.18. The first-order chi connectivity index (χ1) is 9.74. The molecule has 4 nitrogen and oxygen atoms in total. The minimum Gasteiger partial charge on any atom is -0.497 e. The normalized spacial score (nSPS) is 17.6. The Bertz CT molecular complexity index is 496. The molecule has 0 bridgehead atoms. The number of benzene rings is 1. The molecule has 0 spiro atoms. The van der Waals surface area contributed by atoms with Gasteiger partial charge < -0.3 is 14.8 Å². The largest absolute Gasteiger partial charge is 0.497 e. The Labute approximate surface area is 119 Å². The minimum absolute atomic E-state index is 0.101. The zero-order valence-electron chi connectivity index (χ0n) is 12.0. The van der Waals surface area contributed by atoms with Gasteiger partial charge >= 0.3 is 0 Å². The Morgan fingerprint density at radius 2 is 2.15 bits per heavy atom. The van der Waals surface area contributed by atoms with Gasteiger partial charge in [-0.1, -0.05) is 12.2 Å². The smallest absolute Gasteiger partial charge is 0.223 e. The first-order valence-electron chi connectivity index (χ1n) is 6.88. The average molecular weight is 275 g/mol. The number of carbonyl (C=O) groups excluding carboxylic acids is 1. The third kappa shape index (κ3) is 3.53. The maximum Gasteiger partial charge on any atom is 0.223 e. The van der Waals surface area contributed by atoms with Crippen molar-refractivity contribution in [2.45, 2.75) is 25.8 Å². The molecule has 1 aromatic carbocycles. The van der Waals surface area contributed by atoms with Gasteiger partial charge in [0.2, 0.25) is 5.91 Å². The van der Waals surface area contributed by atoms with Gasteiger partial charge in [-0.2, -0.15) is 0 Å². The van der Waals surface area contributed by atoms with Crippen molar-refractivity contribution >= 4 is 5.91 Å².